The normalized spacial score (nSPS) is 10.0. The third-order valence-corrected chi connectivity index (χ3v) is 3.04. The van der Waals surface area contributed by atoms with E-state index in [1.807, 2.05) is 30.3 Å². The number of benzene rings is 2. The lowest BCUT2D eigenvalue weighted by Gasteiger charge is -2.08. The third-order valence-electron chi connectivity index (χ3n) is 3.04. The minimum Gasteiger partial charge on any atom is -0.507 e. The fourth-order valence-corrected chi connectivity index (χ4v) is 1.87. The van der Waals surface area contributed by atoms with Gasteiger partial charge in [0, 0.05) is 6.54 Å². The zero-order valence-corrected chi connectivity index (χ0v) is 12.2. The summed E-state index contributed by atoms with van der Waals surface area (Å²) in [5.74, 6) is -1.29. The van der Waals surface area contributed by atoms with Gasteiger partial charge in [0.15, 0.2) is 6.61 Å². The lowest BCUT2D eigenvalue weighted by molar-refractivity contribution is -0.124. The minimum absolute atomic E-state index is 0.0517. The molecule has 0 aliphatic heterocycles. The molecular formula is C17H17NO4. The van der Waals surface area contributed by atoms with Crippen molar-refractivity contribution in [2.24, 2.45) is 0 Å². The molecule has 2 rings (SSSR count). The quantitative estimate of drug-likeness (QED) is 0.830. The van der Waals surface area contributed by atoms with Gasteiger partial charge in [0.05, 0.1) is 0 Å². The summed E-state index contributed by atoms with van der Waals surface area (Å²) in [6.07, 6.45) is 0. The van der Waals surface area contributed by atoms with Crippen molar-refractivity contribution >= 4 is 11.9 Å². The van der Waals surface area contributed by atoms with Crippen molar-refractivity contribution in [1.82, 2.24) is 5.32 Å². The van der Waals surface area contributed by atoms with E-state index in [2.05, 4.69) is 5.32 Å². The van der Waals surface area contributed by atoms with E-state index in [1.165, 1.54) is 12.1 Å². The molecule has 0 bridgehead atoms. The molecule has 5 heteroatoms. The number of ether oxygens (including phenoxy) is 1. The summed E-state index contributed by atoms with van der Waals surface area (Å²) < 4.78 is 4.90. The van der Waals surface area contributed by atoms with E-state index in [0.717, 1.165) is 11.1 Å². The van der Waals surface area contributed by atoms with E-state index in [4.69, 9.17) is 4.74 Å². The first-order chi connectivity index (χ1) is 10.6. The number of carbonyl (C=O) groups is 2. The second-order valence-corrected chi connectivity index (χ2v) is 4.86. The Bertz CT molecular complexity index is 668. The maximum absolute atomic E-state index is 11.8. The van der Waals surface area contributed by atoms with Crippen LogP contribution in [0.4, 0.5) is 0 Å². The van der Waals surface area contributed by atoms with E-state index in [0.29, 0.717) is 6.54 Å². The number of esters is 1. The molecule has 2 aromatic carbocycles. The van der Waals surface area contributed by atoms with Crippen LogP contribution in [0.1, 0.15) is 21.5 Å². The number of hydrogen-bond acceptors (Lipinski definition) is 4. The molecule has 5 nitrogen and oxygen atoms in total. The molecule has 0 saturated carbocycles. The van der Waals surface area contributed by atoms with Gasteiger partial charge < -0.3 is 15.2 Å². The van der Waals surface area contributed by atoms with Crippen molar-refractivity contribution in [3.05, 3.63) is 65.2 Å². The summed E-state index contributed by atoms with van der Waals surface area (Å²) >= 11 is 0. The van der Waals surface area contributed by atoms with Crippen molar-refractivity contribution < 1.29 is 19.4 Å². The molecule has 114 valence electrons. The average Bonchev–Trinajstić information content (AvgIpc) is 2.54. The summed E-state index contributed by atoms with van der Waals surface area (Å²) in [7, 11) is 0. The molecule has 2 N–H and O–H groups in total. The Balaban J connectivity index is 1.83. The van der Waals surface area contributed by atoms with Gasteiger partial charge in [0.25, 0.3) is 5.91 Å². The van der Waals surface area contributed by atoms with Gasteiger partial charge in [0.1, 0.15) is 11.3 Å². The molecule has 0 aliphatic rings. The number of amides is 1. The van der Waals surface area contributed by atoms with E-state index in [9.17, 15) is 14.7 Å². The molecule has 0 spiro atoms. The van der Waals surface area contributed by atoms with Gasteiger partial charge in [-0.25, -0.2) is 4.79 Å². The zero-order chi connectivity index (χ0) is 15.9. The van der Waals surface area contributed by atoms with Crippen molar-refractivity contribution in [2.75, 3.05) is 6.61 Å². The molecule has 22 heavy (non-hydrogen) atoms. The number of phenols is 1. The van der Waals surface area contributed by atoms with E-state index >= 15 is 0 Å². The molecule has 0 atom stereocenters. The van der Waals surface area contributed by atoms with Crippen molar-refractivity contribution in [2.45, 2.75) is 13.5 Å². The van der Waals surface area contributed by atoms with E-state index in [-0.39, 0.29) is 17.9 Å². The first kappa shape index (κ1) is 15.6. The van der Waals surface area contributed by atoms with Crippen molar-refractivity contribution in [3.63, 3.8) is 0 Å². The van der Waals surface area contributed by atoms with Crippen LogP contribution in [0.3, 0.4) is 0 Å². The highest BCUT2D eigenvalue weighted by Gasteiger charge is 2.14. The lowest BCUT2D eigenvalue weighted by atomic mass is 10.1. The van der Waals surface area contributed by atoms with Gasteiger partial charge in [-0.2, -0.15) is 0 Å². The van der Waals surface area contributed by atoms with Crippen LogP contribution < -0.4 is 5.32 Å². The van der Waals surface area contributed by atoms with Crippen LogP contribution in [0.25, 0.3) is 0 Å². The number of rotatable bonds is 5. The predicted molar refractivity (Wildman–Crippen MR) is 81.4 cm³/mol. The summed E-state index contributed by atoms with van der Waals surface area (Å²) in [6, 6.07) is 14.0. The van der Waals surface area contributed by atoms with Gasteiger partial charge >= 0.3 is 5.97 Å². The fraction of sp³-hybridized carbons (Fsp3) is 0.176. The molecule has 0 fully saturated rings. The number of phenolic OH excluding ortho intramolecular Hbond substituents is 1. The first-order valence-electron chi connectivity index (χ1n) is 6.83. The molecule has 2 aromatic rings. The second kappa shape index (κ2) is 7.26. The monoisotopic (exact) mass is 299 g/mol. The SMILES string of the molecule is Cc1ccc(O)c(C(=O)OCC(=O)NCc2ccccc2)c1. The molecule has 0 unspecified atom stereocenters. The van der Waals surface area contributed by atoms with Crippen LogP contribution in [0.5, 0.6) is 5.75 Å². The Morgan fingerprint density at radius 1 is 1.14 bits per heavy atom. The fourth-order valence-electron chi connectivity index (χ4n) is 1.87. The molecule has 0 aliphatic carbocycles. The van der Waals surface area contributed by atoms with Gasteiger partial charge in [-0.05, 0) is 24.6 Å². The maximum Gasteiger partial charge on any atom is 0.342 e. The van der Waals surface area contributed by atoms with E-state index in [1.54, 1.807) is 13.0 Å². The van der Waals surface area contributed by atoms with E-state index < -0.39 is 11.9 Å². The van der Waals surface area contributed by atoms with Crippen LogP contribution in [0.2, 0.25) is 0 Å². The number of carbonyl (C=O) groups excluding carboxylic acids is 2. The van der Waals surface area contributed by atoms with Gasteiger partial charge in [0.2, 0.25) is 0 Å². The zero-order valence-electron chi connectivity index (χ0n) is 12.2. The molecule has 0 heterocycles. The number of aryl methyl sites for hydroxylation is 1. The Morgan fingerprint density at radius 2 is 1.86 bits per heavy atom. The predicted octanol–water partition coefficient (Wildman–Crippen LogP) is 2.17. The average molecular weight is 299 g/mol. The Labute approximate surface area is 128 Å². The molecule has 0 aromatic heterocycles. The summed E-state index contributed by atoms with van der Waals surface area (Å²) in [6.45, 7) is 1.77. The van der Waals surface area contributed by atoms with Crippen LogP contribution in [-0.4, -0.2) is 23.6 Å². The highest BCUT2D eigenvalue weighted by Crippen LogP contribution is 2.18. The summed E-state index contributed by atoms with van der Waals surface area (Å²) in [5.41, 5.74) is 1.83. The topological polar surface area (TPSA) is 75.6 Å². The first-order valence-corrected chi connectivity index (χ1v) is 6.83. The Hall–Kier alpha value is -2.82. The Kier molecular flexibility index (Phi) is 5.14. The second-order valence-electron chi connectivity index (χ2n) is 4.86. The Morgan fingerprint density at radius 3 is 2.59 bits per heavy atom. The van der Waals surface area contributed by atoms with Crippen molar-refractivity contribution in [3.8, 4) is 5.75 Å². The van der Waals surface area contributed by atoms with Crippen LogP contribution in [0.15, 0.2) is 48.5 Å². The van der Waals surface area contributed by atoms with Crippen LogP contribution in [-0.2, 0) is 16.1 Å². The summed E-state index contributed by atoms with van der Waals surface area (Å²) in [4.78, 5) is 23.5. The molecule has 0 saturated heterocycles. The lowest BCUT2D eigenvalue weighted by Crippen LogP contribution is -2.28. The smallest absolute Gasteiger partial charge is 0.342 e. The molecule has 1 amide bonds. The van der Waals surface area contributed by atoms with Crippen LogP contribution in [0, 0.1) is 6.92 Å². The molecular weight excluding hydrogens is 282 g/mol. The largest absolute Gasteiger partial charge is 0.507 e. The maximum atomic E-state index is 11.8. The summed E-state index contributed by atoms with van der Waals surface area (Å²) in [5, 5.41) is 12.3. The highest BCUT2D eigenvalue weighted by molar-refractivity contribution is 5.94. The van der Waals surface area contributed by atoms with Crippen LogP contribution >= 0.6 is 0 Å². The standard InChI is InChI=1S/C17H17NO4/c1-12-7-8-15(19)14(9-12)17(21)22-11-16(20)18-10-13-5-3-2-4-6-13/h2-9,19H,10-11H2,1H3,(H,18,20). The highest BCUT2D eigenvalue weighted by atomic mass is 16.5. The van der Waals surface area contributed by atoms with Gasteiger partial charge in [-0.3, -0.25) is 4.79 Å². The number of nitrogens with one attached hydrogen (secondary N) is 1. The van der Waals surface area contributed by atoms with Gasteiger partial charge in [-0.1, -0.05) is 42.0 Å². The van der Waals surface area contributed by atoms with Gasteiger partial charge in [-0.15, -0.1) is 0 Å². The number of hydrogen-bond donors (Lipinski definition) is 2. The third kappa shape index (κ3) is 4.34. The number of aromatic hydroxyl groups is 1. The van der Waals surface area contributed by atoms with Crippen molar-refractivity contribution in [1.29, 1.82) is 0 Å². The molecule has 0 radical (unpaired) electrons. The minimum atomic E-state index is -0.726.